The molecule has 0 aromatic carbocycles. The Morgan fingerprint density at radius 2 is 1.39 bits per heavy atom. The Kier molecular flexibility index (Phi) is 6.57. The lowest BCUT2D eigenvalue weighted by Crippen LogP contribution is -2.38. The number of hydrogen-bond donors (Lipinski definition) is 0. The molecule has 0 radical (unpaired) electrons. The molecule has 3 aliphatic rings. The monoisotopic (exact) mass is 312 g/mol. The van der Waals surface area contributed by atoms with E-state index in [1.54, 1.807) is 0 Å². The van der Waals surface area contributed by atoms with Crippen LogP contribution < -0.4 is 0 Å². The Hall–Kier alpha value is -1.28. The Bertz CT molecular complexity index is 464. The highest BCUT2D eigenvalue weighted by Gasteiger charge is 2.22. The van der Waals surface area contributed by atoms with E-state index in [1.165, 1.54) is 83.2 Å². The van der Waals surface area contributed by atoms with Crippen molar-refractivity contribution in [2.45, 2.75) is 57.4 Å². The summed E-state index contributed by atoms with van der Waals surface area (Å²) in [6, 6.07) is 0.847. The van der Waals surface area contributed by atoms with E-state index in [-0.39, 0.29) is 0 Å². The number of hydrogen-bond acceptors (Lipinski definition) is 2. The van der Waals surface area contributed by atoms with E-state index in [4.69, 9.17) is 0 Å². The molecule has 1 saturated heterocycles. The second-order valence-corrected chi connectivity index (χ2v) is 7.10. The summed E-state index contributed by atoms with van der Waals surface area (Å²) in [6.07, 6.45) is 26.5. The number of nitrogens with zero attached hydrogens (tertiary/aromatic N) is 2. The quantitative estimate of drug-likeness (QED) is 0.731. The van der Waals surface area contributed by atoms with E-state index in [2.05, 4.69) is 52.3 Å². The van der Waals surface area contributed by atoms with Gasteiger partial charge in [-0.3, -0.25) is 4.90 Å². The van der Waals surface area contributed by atoms with Crippen LogP contribution in [0.15, 0.2) is 48.2 Å². The minimum Gasteiger partial charge on any atom is -0.370 e. The van der Waals surface area contributed by atoms with Crippen LogP contribution in [0.2, 0.25) is 0 Å². The minimum absolute atomic E-state index is 0.847. The highest BCUT2D eigenvalue weighted by Crippen LogP contribution is 2.23. The van der Waals surface area contributed by atoms with Crippen LogP contribution in [0.5, 0.6) is 0 Å². The van der Waals surface area contributed by atoms with Gasteiger partial charge in [-0.25, -0.2) is 0 Å². The predicted octanol–water partition coefficient (Wildman–Crippen LogP) is 4.67. The van der Waals surface area contributed by atoms with Crippen molar-refractivity contribution in [3.05, 3.63) is 48.2 Å². The molecule has 1 heterocycles. The largest absolute Gasteiger partial charge is 0.370 e. The molecule has 0 unspecified atom stereocenters. The fraction of sp³-hybridized carbons (Fsp3) is 0.619. The average molecular weight is 313 g/mol. The van der Waals surface area contributed by atoms with Gasteiger partial charge in [-0.2, -0.15) is 0 Å². The fourth-order valence-corrected chi connectivity index (χ4v) is 4.13. The van der Waals surface area contributed by atoms with Gasteiger partial charge in [-0.1, -0.05) is 62.5 Å². The molecule has 126 valence electrons. The van der Waals surface area contributed by atoms with Gasteiger partial charge < -0.3 is 4.90 Å². The van der Waals surface area contributed by atoms with Crippen molar-refractivity contribution in [1.29, 1.82) is 0 Å². The zero-order valence-electron chi connectivity index (χ0n) is 14.5. The van der Waals surface area contributed by atoms with Gasteiger partial charge in [0.2, 0.25) is 0 Å². The van der Waals surface area contributed by atoms with Crippen molar-refractivity contribution in [3.63, 3.8) is 0 Å². The lowest BCUT2D eigenvalue weighted by Gasteiger charge is -2.32. The minimum atomic E-state index is 0.847. The lowest BCUT2D eigenvalue weighted by molar-refractivity contribution is 0.172. The molecular formula is C21H32N2. The van der Waals surface area contributed by atoms with E-state index in [1.807, 2.05) is 0 Å². The smallest absolute Gasteiger partial charge is 0.0366 e. The van der Waals surface area contributed by atoms with Crippen molar-refractivity contribution in [2.24, 2.45) is 0 Å². The first-order valence-electron chi connectivity index (χ1n) is 9.64. The topological polar surface area (TPSA) is 6.48 Å². The summed E-state index contributed by atoms with van der Waals surface area (Å²) in [5.74, 6) is 0. The molecule has 2 nitrogen and oxygen atoms in total. The van der Waals surface area contributed by atoms with Crippen molar-refractivity contribution in [1.82, 2.24) is 9.80 Å². The van der Waals surface area contributed by atoms with Gasteiger partial charge in [-0.05, 0) is 31.4 Å². The molecule has 23 heavy (non-hydrogen) atoms. The summed E-state index contributed by atoms with van der Waals surface area (Å²) >= 11 is 0. The molecule has 0 N–H and O–H groups in total. The van der Waals surface area contributed by atoms with Gasteiger partial charge in [0.25, 0.3) is 0 Å². The molecule has 2 fully saturated rings. The van der Waals surface area contributed by atoms with E-state index in [9.17, 15) is 0 Å². The highest BCUT2D eigenvalue weighted by atomic mass is 15.2. The van der Waals surface area contributed by atoms with Gasteiger partial charge in [0.1, 0.15) is 0 Å². The Morgan fingerprint density at radius 1 is 0.652 bits per heavy atom. The summed E-state index contributed by atoms with van der Waals surface area (Å²) in [7, 11) is 0. The molecule has 2 aliphatic carbocycles. The molecule has 0 spiro atoms. The first kappa shape index (κ1) is 16.6. The third-order valence-corrected chi connectivity index (χ3v) is 5.47. The van der Waals surface area contributed by atoms with Crippen molar-refractivity contribution < 1.29 is 0 Å². The number of rotatable bonds is 2. The Balaban J connectivity index is 1.58. The van der Waals surface area contributed by atoms with Crippen LogP contribution in [0.25, 0.3) is 0 Å². The van der Waals surface area contributed by atoms with Gasteiger partial charge in [-0.15, -0.1) is 0 Å². The van der Waals surface area contributed by atoms with Gasteiger partial charge in [0.05, 0.1) is 0 Å². The maximum absolute atomic E-state index is 2.80. The van der Waals surface area contributed by atoms with E-state index in [0.717, 1.165) is 6.04 Å². The number of allylic oxidation sites excluding steroid dienone is 7. The summed E-state index contributed by atoms with van der Waals surface area (Å²) in [5.41, 5.74) is 1.37. The second kappa shape index (κ2) is 9.12. The van der Waals surface area contributed by atoms with Crippen LogP contribution in [0.3, 0.4) is 0 Å². The highest BCUT2D eigenvalue weighted by molar-refractivity contribution is 5.30. The first-order chi connectivity index (χ1) is 11.4. The first-order valence-corrected chi connectivity index (χ1v) is 9.64. The SMILES string of the molecule is C1=C\C=C/C(N2CCCN(C3CCCCCCC3)CC2)=C\C=C/1. The van der Waals surface area contributed by atoms with Crippen LogP contribution in [0.1, 0.15) is 51.4 Å². The second-order valence-electron chi connectivity index (χ2n) is 7.10. The lowest BCUT2D eigenvalue weighted by atomic mass is 9.95. The predicted molar refractivity (Wildman–Crippen MR) is 99.4 cm³/mol. The van der Waals surface area contributed by atoms with Crippen molar-refractivity contribution in [3.8, 4) is 0 Å². The van der Waals surface area contributed by atoms with E-state index >= 15 is 0 Å². The van der Waals surface area contributed by atoms with Crippen molar-refractivity contribution in [2.75, 3.05) is 26.2 Å². The van der Waals surface area contributed by atoms with Crippen LogP contribution in [-0.4, -0.2) is 42.0 Å². The molecule has 0 amide bonds. The standard InChI is InChI=1S/C21H32N2/c1-3-7-12-20(13-8-4-1)22-16-11-17-23(19-18-22)21-14-9-5-2-6-10-15-21/h1,3-4,7-8,12-13,21H,2,5-6,9-11,14-19H2/b3-1-,4-1?,7-3?,8-4-,12-7-,13-8?,20-12?,20-13+. The maximum atomic E-state index is 2.80. The van der Waals surface area contributed by atoms with E-state index < -0.39 is 0 Å². The maximum Gasteiger partial charge on any atom is 0.0366 e. The summed E-state index contributed by atoms with van der Waals surface area (Å²) in [6.45, 7) is 4.88. The Labute approximate surface area is 142 Å². The fourth-order valence-electron chi connectivity index (χ4n) is 4.13. The normalized spacial score (nSPS) is 31.7. The van der Waals surface area contributed by atoms with Crippen molar-refractivity contribution >= 4 is 0 Å². The molecule has 0 bridgehead atoms. The van der Waals surface area contributed by atoms with Crippen LogP contribution >= 0.6 is 0 Å². The summed E-state index contributed by atoms with van der Waals surface area (Å²) in [4.78, 5) is 5.37. The molecule has 2 heteroatoms. The third kappa shape index (κ3) is 5.10. The van der Waals surface area contributed by atoms with Gasteiger partial charge in [0, 0.05) is 37.9 Å². The molecule has 0 atom stereocenters. The van der Waals surface area contributed by atoms with E-state index in [0.29, 0.717) is 0 Å². The molecule has 1 aliphatic heterocycles. The Morgan fingerprint density at radius 3 is 2.26 bits per heavy atom. The van der Waals surface area contributed by atoms with Crippen LogP contribution in [0.4, 0.5) is 0 Å². The summed E-state index contributed by atoms with van der Waals surface area (Å²) < 4.78 is 0. The zero-order chi connectivity index (χ0) is 15.7. The molecule has 0 aromatic rings. The summed E-state index contributed by atoms with van der Waals surface area (Å²) in [5, 5.41) is 0. The van der Waals surface area contributed by atoms with Gasteiger partial charge >= 0.3 is 0 Å². The molecule has 1 saturated carbocycles. The van der Waals surface area contributed by atoms with Crippen LogP contribution in [-0.2, 0) is 0 Å². The molecule has 3 rings (SSSR count). The third-order valence-electron chi connectivity index (χ3n) is 5.47. The molecule has 0 aromatic heterocycles. The van der Waals surface area contributed by atoms with Gasteiger partial charge in [0.15, 0.2) is 0 Å². The van der Waals surface area contributed by atoms with Crippen LogP contribution in [0, 0.1) is 0 Å². The average Bonchev–Trinajstić information content (AvgIpc) is 2.73. The molecular weight excluding hydrogens is 280 g/mol. The zero-order valence-corrected chi connectivity index (χ0v) is 14.5.